The second-order valence-electron chi connectivity index (χ2n) is 17.0. The molecule has 2 aliphatic carbocycles. The molecule has 1 aliphatic heterocycles. The highest BCUT2D eigenvalue weighted by atomic mass is 32.2. The first-order chi connectivity index (χ1) is 29.0. The van der Waals surface area contributed by atoms with E-state index in [1.54, 1.807) is 25.1 Å². The minimum Gasteiger partial charge on any atom is -0.481 e. The molecule has 0 saturated heterocycles. The molecule has 21 heteroatoms. The largest absolute Gasteiger partial charge is 0.481 e. The molecule has 0 spiro atoms. The van der Waals surface area contributed by atoms with Gasteiger partial charge in [-0.25, -0.2) is 0 Å². The van der Waals surface area contributed by atoms with E-state index < -0.39 is 68.8 Å². The van der Waals surface area contributed by atoms with Crippen molar-refractivity contribution in [3.63, 3.8) is 0 Å². The highest BCUT2D eigenvalue weighted by molar-refractivity contribution is 8.03. The lowest BCUT2D eigenvalue weighted by molar-refractivity contribution is -0.136. The van der Waals surface area contributed by atoms with Gasteiger partial charge >= 0.3 is 5.97 Å². The van der Waals surface area contributed by atoms with E-state index >= 15 is 0 Å². The van der Waals surface area contributed by atoms with Gasteiger partial charge in [0.1, 0.15) is 0 Å². The van der Waals surface area contributed by atoms with Gasteiger partial charge in [-0.3, -0.25) is 28.0 Å². The Morgan fingerprint density at radius 2 is 1.48 bits per heavy atom. The van der Waals surface area contributed by atoms with E-state index in [9.17, 15) is 61.8 Å². The molecule has 2 aromatic carbocycles. The lowest BCUT2D eigenvalue weighted by atomic mass is 9.77. The molecule has 5 N–H and O–H groups in total. The predicted octanol–water partition coefficient (Wildman–Crippen LogP) is 6.82. The van der Waals surface area contributed by atoms with Gasteiger partial charge in [-0.2, -0.15) is 33.7 Å². The van der Waals surface area contributed by atoms with Crippen LogP contribution in [0.1, 0.15) is 82.9 Å². The molecular formula is C42H54N2O14S5. The average Bonchev–Trinajstić information content (AvgIpc) is 3.66. The first-order valence-corrected chi connectivity index (χ1v) is 27.2. The topological polar surface area (TPSA) is 270 Å². The summed E-state index contributed by atoms with van der Waals surface area (Å²) in [6.45, 7) is 9.29. The number of hydrogen-bond acceptors (Lipinski definition) is 12. The fourth-order valence-electron chi connectivity index (χ4n) is 8.69. The SMILES string of the molecule is Cc1ccc(S(=O)(=O)O)cc1C(C)(C)C(/C=C/C1=C(SCCC(=O)O)C(=C/C=C2/N(CCCS(=O)(=O)O)c3ccc(S(=O)(=O)O)cc3C2(C)C)/C2CCC1C2)=NCCCS(=O)(=O)O. The molecule has 1 fully saturated rings. The summed E-state index contributed by atoms with van der Waals surface area (Å²) in [6, 6.07) is 8.42. The number of rotatable bonds is 19. The third-order valence-electron chi connectivity index (χ3n) is 11.8. The summed E-state index contributed by atoms with van der Waals surface area (Å²) in [7, 11) is -17.7. The Kier molecular flexibility index (Phi) is 15.2. The number of carboxylic acids is 1. The Labute approximate surface area is 374 Å². The van der Waals surface area contributed by atoms with Crippen molar-refractivity contribution in [2.45, 2.75) is 93.8 Å². The van der Waals surface area contributed by atoms with Gasteiger partial charge in [0.2, 0.25) is 0 Å². The van der Waals surface area contributed by atoms with Crippen LogP contribution in [-0.4, -0.2) is 99.0 Å². The monoisotopic (exact) mass is 970 g/mol. The molecule has 0 aromatic heterocycles. The zero-order chi connectivity index (χ0) is 46.9. The van der Waals surface area contributed by atoms with Crippen molar-refractivity contribution < 1.29 is 61.8 Å². The number of benzene rings is 2. The van der Waals surface area contributed by atoms with Crippen LogP contribution in [0.2, 0.25) is 0 Å². The van der Waals surface area contributed by atoms with Gasteiger partial charge in [-0.05, 0) is 121 Å². The molecule has 2 atom stereocenters. The molecule has 1 heterocycles. The maximum Gasteiger partial charge on any atom is 0.304 e. The zero-order valence-electron chi connectivity index (χ0n) is 35.6. The maximum absolute atomic E-state index is 12.2. The fourth-order valence-corrected chi connectivity index (χ4v) is 12.0. The Bertz CT molecular complexity index is 2750. The van der Waals surface area contributed by atoms with E-state index in [4.69, 9.17) is 4.99 Å². The van der Waals surface area contributed by atoms with Crippen LogP contribution in [0.3, 0.4) is 0 Å². The lowest BCUT2D eigenvalue weighted by Crippen LogP contribution is -2.29. The number of hydrogen-bond donors (Lipinski definition) is 5. The van der Waals surface area contributed by atoms with E-state index in [-0.39, 0.29) is 59.7 Å². The Morgan fingerprint density at radius 3 is 2.10 bits per heavy atom. The van der Waals surface area contributed by atoms with Crippen LogP contribution in [0.25, 0.3) is 0 Å². The molecular weight excluding hydrogens is 917 g/mol. The summed E-state index contributed by atoms with van der Waals surface area (Å²) in [5, 5.41) is 9.62. The van der Waals surface area contributed by atoms with Gasteiger partial charge in [0.15, 0.2) is 0 Å². The van der Waals surface area contributed by atoms with Crippen LogP contribution in [0.4, 0.5) is 5.69 Å². The van der Waals surface area contributed by atoms with E-state index in [2.05, 4.69) is 0 Å². The van der Waals surface area contributed by atoms with Crippen LogP contribution in [0.5, 0.6) is 0 Å². The smallest absolute Gasteiger partial charge is 0.304 e. The average molecular weight is 971 g/mol. The molecule has 16 nitrogen and oxygen atoms in total. The Hall–Kier alpha value is -3.67. The van der Waals surface area contributed by atoms with Crippen LogP contribution < -0.4 is 4.90 Å². The van der Waals surface area contributed by atoms with Crippen molar-refractivity contribution in [3.8, 4) is 0 Å². The van der Waals surface area contributed by atoms with E-state index in [1.807, 2.05) is 50.8 Å². The molecule has 3 aliphatic rings. The molecule has 0 amide bonds. The third kappa shape index (κ3) is 12.4. The van der Waals surface area contributed by atoms with Crippen molar-refractivity contribution >= 4 is 69.6 Å². The number of allylic oxidation sites excluding steroid dienone is 7. The van der Waals surface area contributed by atoms with Crippen molar-refractivity contribution in [3.05, 3.63) is 99.1 Å². The summed E-state index contributed by atoms with van der Waals surface area (Å²) < 4.78 is 134. The number of carboxylic acid groups (broad SMARTS) is 1. The molecule has 2 bridgehead atoms. The Morgan fingerprint density at radius 1 is 0.873 bits per heavy atom. The lowest BCUT2D eigenvalue weighted by Gasteiger charge is -2.30. The normalized spacial score (nSPS) is 21.0. The summed E-state index contributed by atoms with van der Waals surface area (Å²) in [5.41, 5.74) is 3.48. The molecule has 2 unspecified atom stereocenters. The van der Waals surface area contributed by atoms with Crippen molar-refractivity contribution in [2.75, 3.05) is 35.2 Å². The number of fused-ring (bicyclic) bond motifs is 3. The highest BCUT2D eigenvalue weighted by Gasteiger charge is 2.42. The standard InChI is InChI=1S/C42H54N2O14S5/c1-27-8-11-30(62(53,54)55)25-34(27)41(2,3)37(43-19-6-22-60(47,48)49)16-13-32-28-9-10-29(24-28)33(40(32)59-21-18-39(45)46)14-17-38-42(4,5)35-26-31(63(56,57)58)12-15-36(35)44(38)20-7-23-61(50,51)52/h8,11-17,25-26,28-29H,6-7,9-10,18-24H2,1-5H3,(H,45,46)(H,47,48,49)(H,50,51,52)(H,53,54,55)(H,56,57,58)/b16-13+,33-14+,38-17+,43-37?. The minimum absolute atomic E-state index is 0.00589. The summed E-state index contributed by atoms with van der Waals surface area (Å²) in [5.74, 6) is -1.65. The van der Waals surface area contributed by atoms with Crippen LogP contribution in [-0.2, 0) is 56.1 Å². The van der Waals surface area contributed by atoms with Gasteiger partial charge in [-0.1, -0.05) is 45.9 Å². The van der Waals surface area contributed by atoms with Crippen LogP contribution in [0, 0.1) is 18.8 Å². The molecule has 1 saturated carbocycles. The second-order valence-corrected chi connectivity index (χ2v) is 24.1. The first kappa shape index (κ1) is 50.3. The van der Waals surface area contributed by atoms with Crippen molar-refractivity contribution in [1.29, 1.82) is 0 Å². The number of carbonyl (C=O) groups is 1. The number of aryl methyl sites for hydroxylation is 1. The van der Waals surface area contributed by atoms with Gasteiger partial charge in [0, 0.05) is 51.7 Å². The summed E-state index contributed by atoms with van der Waals surface area (Å²) in [4.78, 5) is 18.6. The van der Waals surface area contributed by atoms with Crippen LogP contribution in [0.15, 0.2) is 97.2 Å². The number of thioether (sulfide) groups is 1. The van der Waals surface area contributed by atoms with Crippen LogP contribution >= 0.6 is 11.8 Å². The van der Waals surface area contributed by atoms with E-state index in [0.717, 1.165) is 35.3 Å². The maximum atomic E-state index is 12.2. The van der Waals surface area contributed by atoms with Gasteiger partial charge in [0.25, 0.3) is 40.5 Å². The number of anilines is 1. The highest BCUT2D eigenvalue weighted by Crippen LogP contribution is 2.53. The van der Waals surface area contributed by atoms with Gasteiger partial charge in [-0.15, -0.1) is 11.8 Å². The molecule has 2 aromatic rings. The van der Waals surface area contributed by atoms with Crippen molar-refractivity contribution in [2.24, 2.45) is 16.8 Å². The quantitative estimate of drug-likeness (QED) is 0.0549. The number of aliphatic carboxylic acids is 1. The number of nitrogens with zero attached hydrogens (tertiary/aromatic N) is 2. The van der Waals surface area contributed by atoms with E-state index in [1.165, 1.54) is 36.0 Å². The third-order valence-corrected chi connectivity index (χ3v) is 16.3. The van der Waals surface area contributed by atoms with E-state index in [0.29, 0.717) is 33.8 Å². The molecule has 0 radical (unpaired) electrons. The number of aliphatic imine (C=N–C) groups is 1. The summed E-state index contributed by atoms with van der Waals surface area (Å²) in [6.07, 6.45) is 9.82. The molecule has 63 heavy (non-hydrogen) atoms. The molecule has 5 rings (SSSR count). The molecule has 346 valence electrons. The predicted molar refractivity (Wildman–Crippen MR) is 243 cm³/mol. The minimum atomic E-state index is -4.57. The van der Waals surface area contributed by atoms with Crippen molar-refractivity contribution in [1.82, 2.24) is 0 Å². The second kappa shape index (κ2) is 19.0. The zero-order valence-corrected chi connectivity index (χ0v) is 39.6. The first-order valence-electron chi connectivity index (χ1n) is 20.1. The van der Waals surface area contributed by atoms with Gasteiger partial charge in [0.05, 0.1) is 27.7 Å². The summed E-state index contributed by atoms with van der Waals surface area (Å²) >= 11 is 1.39. The Balaban J connectivity index is 1.67. The fraction of sp³-hybridized carbons (Fsp3) is 0.476. The van der Waals surface area contributed by atoms with Gasteiger partial charge < -0.3 is 10.0 Å².